The first-order valence-corrected chi connectivity index (χ1v) is 9.49. The van der Waals surface area contributed by atoms with Crippen LogP contribution in [0.3, 0.4) is 0 Å². The first-order valence-electron chi connectivity index (χ1n) is 9.49. The van der Waals surface area contributed by atoms with Gasteiger partial charge in [0.25, 0.3) is 0 Å². The highest BCUT2D eigenvalue weighted by Gasteiger charge is 2.16. The van der Waals surface area contributed by atoms with Crippen LogP contribution < -0.4 is 5.32 Å². The van der Waals surface area contributed by atoms with Gasteiger partial charge in [-0.2, -0.15) is 5.10 Å². The van der Waals surface area contributed by atoms with Crippen LogP contribution in [0.2, 0.25) is 0 Å². The normalized spacial score (nSPS) is 12.3. The third kappa shape index (κ3) is 4.02. The summed E-state index contributed by atoms with van der Waals surface area (Å²) in [6.07, 6.45) is 1.16. The van der Waals surface area contributed by atoms with Crippen LogP contribution in [0.4, 0.5) is 0 Å². The van der Waals surface area contributed by atoms with E-state index in [0.717, 1.165) is 28.0 Å². The number of nitrogens with zero attached hydrogens (tertiary/aromatic N) is 3. The highest BCUT2D eigenvalue weighted by atomic mass is 16.1. The number of rotatable bonds is 6. The zero-order chi connectivity index (χ0) is 19.6. The zero-order valence-corrected chi connectivity index (χ0v) is 16.8. The molecule has 142 valence electrons. The van der Waals surface area contributed by atoms with Crippen molar-refractivity contribution in [3.05, 3.63) is 58.4 Å². The summed E-state index contributed by atoms with van der Waals surface area (Å²) in [5.41, 5.74) is 6.46. The molecule has 0 fully saturated rings. The summed E-state index contributed by atoms with van der Waals surface area (Å²) in [4.78, 5) is 17.1. The van der Waals surface area contributed by atoms with E-state index in [1.165, 1.54) is 11.1 Å². The van der Waals surface area contributed by atoms with Crippen LogP contribution in [0.15, 0.2) is 30.3 Å². The van der Waals surface area contributed by atoms with Gasteiger partial charge in [-0.05, 0) is 49.8 Å². The summed E-state index contributed by atoms with van der Waals surface area (Å²) in [5, 5.41) is 8.66. The zero-order valence-electron chi connectivity index (χ0n) is 16.8. The van der Waals surface area contributed by atoms with E-state index in [4.69, 9.17) is 4.98 Å². The fraction of sp³-hybridized carbons (Fsp3) is 0.409. The fourth-order valence-electron chi connectivity index (χ4n) is 3.72. The van der Waals surface area contributed by atoms with Gasteiger partial charge >= 0.3 is 0 Å². The van der Waals surface area contributed by atoms with E-state index < -0.39 is 0 Å². The quantitative estimate of drug-likeness (QED) is 0.725. The number of carbonyl (C=O) groups excluding carboxylic acids is 1. The Bertz CT molecular complexity index is 960. The molecule has 1 aromatic carbocycles. The van der Waals surface area contributed by atoms with Crippen LogP contribution >= 0.6 is 0 Å². The summed E-state index contributed by atoms with van der Waals surface area (Å²) in [5.74, 6) is 0.384. The lowest BCUT2D eigenvalue weighted by Gasteiger charge is -2.14. The van der Waals surface area contributed by atoms with Crippen molar-refractivity contribution in [1.29, 1.82) is 0 Å². The van der Waals surface area contributed by atoms with Crippen LogP contribution in [0.1, 0.15) is 47.3 Å². The molecule has 0 aliphatic carbocycles. The molecular formula is C22H28N4O. The second kappa shape index (κ2) is 7.91. The number of pyridine rings is 1. The van der Waals surface area contributed by atoms with Gasteiger partial charge in [-0.15, -0.1) is 0 Å². The van der Waals surface area contributed by atoms with Crippen LogP contribution in [0.25, 0.3) is 11.0 Å². The van der Waals surface area contributed by atoms with Gasteiger partial charge in [-0.25, -0.2) is 4.98 Å². The van der Waals surface area contributed by atoms with E-state index in [-0.39, 0.29) is 5.91 Å². The second-order valence-corrected chi connectivity index (χ2v) is 7.32. The Balaban J connectivity index is 1.64. The molecule has 0 saturated heterocycles. The van der Waals surface area contributed by atoms with Crippen molar-refractivity contribution < 1.29 is 4.79 Å². The lowest BCUT2D eigenvalue weighted by molar-refractivity contribution is -0.121. The molecule has 2 heterocycles. The molecule has 1 amide bonds. The molecule has 3 aromatic rings. The van der Waals surface area contributed by atoms with Gasteiger partial charge in [0.15, 0.2) is 5.65 Å². The maximum absolute atomic E-state index is 12.4. The average Bonchev–Trinajstić information content (AvgIpc) is 2.93. The maximum atomic E-state index is 12.4. The monoisotopic (exact) mass is 364 g/mol. The van der Waals surface area contributed by atoms with Crippen molar-refractivity contribution in [2.75, 3.05) is 6.54 Å². The maximum Gasteiger partial charge on any atom is 0.220 e. The predicted molar refractivity (Wildman–Crippen MR) is 109 cm³/mol. The number of benzene rings is 1. The Morgan fingerprint density at radius 1 is 1.15 bits per heavy atom. The van der Waals surface area contributed by atoms with Crippen LogP contribution in [0, 0.1) is 20.8 Å². The molecule has 0 spiro atoms. The molecule has 5 nitrogen and oxygen atoms in total. The Morgan fingerprint density at radius 2 is 1.85 bits per heavy atom. The molecule has 0 aliphatic rings. The SMILES string of the molecule is Cc1nc2c(c(C)nn2C)c(C)c1CCC(=O)NC[C@@H](C)c1ccccc1. The Hall–Kier alpha value is -2.69. The highest BCUT2D eigenvalue weighted by molar-refractivity contribution is 5.84. The average molecular weight is 364 g/mol. The standard InChI is InChI=1S/C22H28N4O/c1-14(18-9-7-6-8-10-18)13-23-20(27)12-11-19-15(2)21-17(4)25-26(5)22(21)24-16(19)3/h6-10,14H,11-13H2,1-5H3,(H,23,27)/t14-/m1/s1. The van der Waals surface area contributed by atoms with Crippen molar-refractivity contribution in [1.82, 2.24) is 20.1 Å². The van der Waals surface area contributed by atoms with Crippen molar-refractivity contribution in [2.45, 2.75) is 46.5 Å². The van der Waals surface area contributed by atoms with E-state index in [2.05, 4.69) is 36.4 Å². The predicted octanol–water partition coefficient (Wildman–Crippen LogP) is 3.75. The molecule has 0 aliphatic heterocycles. The smallest absolute Gasteiger partial charge is 0.220 e. The van der Waals surface area contributed by atoms with Crippen LogP contribution in [-0.2, 0) is 18.3 Å². The van der Waals surface area contributed by atoms with E-state index in [0.29, 0.717) is 25.3 Å². The van der Waals surface area contributed by atoms with Gasteiger partial charge in [0, 0.05) is 31.1 Å². The largest absolute Gasteiger partial charge is 0.355 e. The molecular weight excluding hydrogens is 336 g/mol. The van der Waals surface area contributed by atoms with Gasteiger partial charge in [0.1, 0.15) is 0 Å². The van der Waals surface area contributed by atoms with Gasteiger partial charge in [0.2, 0.25) is 5.91 Å². The Kier molecular flexibility index (Phi) is 5.59. The number of hydrogen-bond acceptors (Lipinski definition) is 3. The molecule has 0 bridgehead atoms. The molecule has 5 heteroatoms. The van der Waals surface area contributed by atoms with Crippen molar-refractivity contribution >= 4 is 16.9 Å². The van der Waals surface area contributed by atoms with E-state index >= 15 is 0 Å². The van der Waals surface area contributed by atoms with E-state index in [9.17, 15) is 4.79 Å². The summed E-state index contributed by atoms with van der Waals surface area (Å²) in [6.45, 7) is 8.91. The molecule has 0 saturated carbocycles. The number of fused-ring (bicyclic) bond motifs is 1. The van der Waals surface area contributed by atoms with E-state index in [1.807, 2.05) is 43.8 Å². The van der Waals surface area contributed by atoms with Gasteiger partial charge in [-0.3, -0.25) is 9.48 Å². The number of aromatic nitrogens is 3. The second-order valence-electron chi connectivity index (χ2n) is 7.32. The number of aryl methyl sites for hydroxylation is 4. The number of nitrogens with one attached hydrogen (secondary N) is 1. The highest BCUT2D eigenvalue weighted by Crippen LogP contribution is 2.26. The summed E-state index contributed by atoms with van der Waals surface area (Å²) < 4.78 is 1.83. The van der Waals surface area contributed by atoms with Gasteiger partial charge < -0.3 is 5.32 Å². The molecule has 0 radical (unpaired) electrons. The topological polar surface area (TPSA) is 59.8 Å². The summed E-state index contributed by atoms with van der Waals surface area (Å²) in [7, 11) is 1.92. The lowest BCUT2D eigenvalue weighted by Crippen LogP contribution is -2.27. The number of hydrogen-bond donors (Lipinski definition) is 1. The van der Waals surface area contributed by atoms with Crippen molar-refractivity contribution in [3.8, 4) is 0 Å². The number of amides is 1. The minimum absolute atomic E-state index is 0.0830. The summed E-state index contributed by atoms with van der Waals surface area (Å²) >= 11 is 0. The minimum atomic E-state index is 0.0830. The van der Waals surface area contributed by atoms with Crippen molar-refractivity contribution in [2.24, 2.45) is 7.05 Å². The number of carbonyl (C=O) groups is 1. The molecule has 27 heavy (non-hydrogen) atoms. The first kappa shape index (κ1) is 19.1. The minimum Gasteiger partial charge on any atom is -0.355 e. The molecule has 1 atom stereocenters. The lowest BCUT2D eigenvalue weighted by atomic mass is 9.99. The third-order valence-electron chi connectivity index (χ3n) is 5.31. The molecule has 3 rings (SSSR count). The molecule has 0 unspecified atom stereocenters. The Labute approximate surface area is 160 Å². The molecule has 2 aromatic heterocycles. The van der Waals surface area contributed by atoms with Gasteiger partial charge in [0.05, 0.1) is 5.69 Å². The first-order chi connectivity index (χ1) is 12.9. The van der Waals surface area contributed by atoms with Crippen molar-refractivity contribution in [3.63, 3.8) is 0 Å². The molecule has 1 N–H and O–H groups in total. The van der Waals surface area contributed by atoms with Gasteiger partial charge in [-0.1, -0.05) is 37.3 Å². The Morgan fingerprint density at radius 3 is 2.56 bits per heavy atom. The van der Waals surface area contributed by atoms with E-state index in [1.54, 1.807) is 0 Å². The van der Waals surface area contributed by atoms with Crippen LogP contribution in [-0.4, -0.2) is 27.2 Å². The van der Waals surface area contributed by atoms with Crippen LogP contribution in [0.5, 0.6) is 0 Å². The third-order valence-corrected chi connectivity index (χ3v) is 5.31. The summed E-state index contributed by atoms with van der Waals surface area (Å²) in [6, 6.07) is 10.3. The fourth-order valence-corrected chi connectivity index (χ4v) is 3.72.